The highest BCUT2D eigenvalue weighted by Gasteiger charge is 2.28. The maximum absolute atomic E-state index is 13.4. The van der Waals surface area contributed by atoms with Crippen molar-refractivity contribution in [3.05, 3.63) is 51.0 Å². The number of ketones is 1. The average molecular weight is 460 g/mol. The molecule has 0 saturated heterocycles. The molecule has 1 atom stereocenters. The van der Waals surface area contributed by atoms with Crippen LogP contribution in [0.5, 0.6) is 5.75 Å². The molecule has 6 nitrogen and oxygen atoms in total. The van der Waals surface area contributed by atoms with Gasteiger partial charge in [0.1, 0.15) is 16.2 Å². The number of ether oxygens (including phenoxy) is 1. The number of carbonyl (C=O) groups excluding carboxylic acids is 3. The Labute approximate surface area is 189 Å². The molecule has 0 unspecified atom stereocenters. The summed E-state index contributed by atoms with van der Waals surface area (Å²) < 4.78 is 6.20. The molecule has 0 bridgehead atoms. The van der Waals surface area contributed by atoms with E-state index in [9.17, 15) is 19.5 Å². The number of phenols is 1. The maximum atomic E-state index is 13.4. The van der Waals surface area contributed by atoms with Crippen LogP contribution in [-0.2, 0) is 16.1 Å². The van der Waals surface area contributed by atoms with E-state index in [-0.39, 0.29) is 24.0 Å². The standard InChI is InChI=1S/C23H25NO5S2/c1-13(14(2)25)24(10-15-8-20(30-11-15)22(28)29-23(3,4)5)21(27)18-12-31-19-9-16(26)6-7-17(18)19/h6-9,11-13,26H,10H2,1-5H3/t13-/m1/s1. The number of hydrogen-bond acceptors (Lipinski definition) is 7. The molecule has 2 aromatic heterocycles. The summed E-state index contributed by atoms with van der Waals surface area (Å²) in [4.78, 5) is 39.8. The van der Waals surface area contributed by atoms with Gasteiger partial charge in [0.05, 0.1) is 11.6 Å². The van der Waals surface area contributed by atoms with E-state index in [4.69, 9.17) is 4.74 Å². The zero-order valence-corrected chi connectivity index (χ0v) is 19.7. The zero-order valence-electron chi connectivity index (χ0n) is 18.1. The lowest BCUT2D eigenvalue weighted by Gasteiger charge is -2.27. The van der Waals surface area contributed by atoms with E-state index in [0.29, 0.717) is 10.4 Å². The molecule has 3 aromatic rings. The zero-order chi connectivity index (χ0) is 22.9. The molecule has 1 amide bonds. The Morgan fingerprint density at radius 3 is 2.48 bits per heavy atom. The Hall–Kier alpha value is -2.71. The van der Waals surface area contributed by atoms with Crippen LogP contribution in [0, 0.1) is 0 Å². The molecule has 8 heteroatoms. The van der Waals surface area contributed by atoms with Gasteiger partial charge in [-0.05, 0) is 69.8 Å². The van der Waals surface area contributed by atoms with Gasteiger partial charge in [-0.25, -0.2) is 4.79 Å². The number of benzene rings is 1. The minimum absolute atomic E-state index is 0.131. The van der Waals surface area contributed by atoms with Crippen molar-refractivity contribution in [2.45, 2.75) is 52.8 Å². The molecular weight excluding hydrogens is 434 g/mol. The molecule has 0 fully saturated rings. The van der Waals surface area contributed by atoms with Crippen molar-refractivity contribution >= 4 is 50.4 Å². The average Bonchev–Trinajstić information content (AvgIpc) is 3.30. The van der Waals surface area contributed by atoms with Crippen LogP contribution in [0.4, 0.5) is 0 Å². The van der Waals surface area contributed by atoms with Gasteiger partial charge in [-0.15, -0.1) is 22.7 Å². The Kier molecular flexibility index (Phi) is 6.52. The van der Waals surface area contributed by atoms with Gasteiger partial charge in [-0.3, -0.25) is 9.59 Å². The first-order chi connectivity index (χ1) is 14.5. The summed E-state index contributed by atoms with van der Waals surface area (Å²) in [6.45, 7) is 8.75. The molecule has 2 heterocycles. The van der Waals surface area contributed by atoms with Gasteiger partial charge in [-0.1, -0.05) is 0 Å². The van der Waals surface area contributed by atoms with E-state index < -0.39 is 17.6 Å². The number of Topliss-reactive ketones (excluding diaryl/α,β-unsaturated/α-hetero) is 1. The maximum Gasteiger partial charge on any atom is 0.348 e. The minimum atomic E-state index is -0.635. The predicted molar refractivity (Wildman–Crippen MR) is 123 cm³/mol. The fourth-order valence-electron chi connectivity index (χ4n) is 3.03. The van der Waals surface area contributed by atoms with Crippen molar-refractivity contribution in [1.29, 1.82) is 0 Å². The Bertz CT molecular complexity index is 1140. The van der Waals surface area contributed by atoms with Gasteiger partial charge in [-0.2, -0.15) is 0 Å². The largest absolute Gasteiger partial charge is 0.508 e. The predicted octanol–water partition coefficient (Wildman–Crippen LogP) is 5.24. The molecule has 0 aliphatic heterocycles. The SMILES string of the molecule is CC(=O)[C@@H](C)N(Cc1csc(C(=O)OC(C)(C)C)c1)C(=O)c1csc2cc(O)ccc12. The van der Waals surface area contributed by atoms with Crippen molar-refractivity contribution in [3.8, 4) is 5.75 Å². The Morgan fingerprint density at radius 2 is 1.84 bits per heavy atom. The fourth-order valence-corrected chi connectivity index (χ4v) is 4.78. The molecule has 0 aliphatic rings. The normalized spacial score (nSPS) is 12.5. The van der Waals surface area contributed by atoms with E-state index in [1.54, 1.807) is 56.7 Å². The number of aromatic hydroxyl groups is 1. The summed E-state index contributed by atoms with van der Waals surface area (Å²) in [5.41, 5.74) is 0.640. The smallest absolute Gasteiger partial charge is 0.348 e. The van der Waals surface area contributed by atoms with Crippen molar-refractivity contribution in [2.24, 2.45) is 0 Å². The van der Waals surface area contributed by atoms with Crippen molar-refractivity contribution in [3.63, 3.8) is 0 Å². The number of rotatable bonds is 6. The molecule has 164 valence electrons. The molecule has 31 heavy (non-hydrogen) atoms. The van der Waals surface area contributed by atoms with Crippen LogP contribution in [0.3, 0.4) is 0 Å². The van der Waals surface area contributed by atoms with E-state index >= 15 is 0 Å². The monoisotopic (exact) mass is 459 g/mol. The first kappa shape index (κ1) is 23.0. The van der Waals surface area contributed by atoms with Crippen LogP contribution in [0.1, 0.15) is 60.2 Å². The number of thiophene rings is 2. The third kappa shape index (κ3) is 5.32. The highest BCUT2D eigenvalue weighted by atomic mass is 32.1. The van der Waals surface area contributed by atoms with Gasteiger partial charge in [0, 0.05) is 22.0 Å². The second kappa shape index (κ2) is 8.80. The summed E-state index contributed by atoms with van der Waals surface area (Å²) in [7, 11) is 0. The molecule has 1 N–H and O–H groups in total. The summed E-state index contributed by atoms with van der Waals surface area (Å²) >= 11 is 2.61. The van der Waals surface area contributed by atoms with E-state index in [0.717, 1.165) is 15.6 Å². The van der Waals surface area contributed by atoms with Gasteiger partial charge in [0.2, 0.25) is 0 Å². The van der Waals surface area contributed by atoms with Crippen LogP contribution in [0.25, 0.3) is 10.1 Å². The number of fused-ring (bicyclic) bond motifs is 1. The highest BCUT2D eigenvalue weighted by molar-refractivity contribution is 7.17. The molecule has 0 saturated carbocycles. The van der Waals surface area contributed by atoms with Crippen LogP contribution in [-0.4, -0.2) is 39.3 Å². The molecular formula is C23H25NO5S2. The summed E-state index contributed by atoms with van der Waals surface area (Å²) in [5.74, 6) is -0.682. The molecule has 1 aromatic carbocycles. The number of esters is 1. The molecule has 0 radical (unpaired) electrons. The summed E-state index contributed by atoms with van der Waals surface area (Å²) in [6, 6.07) is 5.92. The summed E-state index contributed by atoms with van der Waals surface area (Å²) in [5, 5.41) is 14.0. The second-order valence-corrected chi connectivity index (χ2v) is 10.2. The van der Waals surface area contributed by atoms with Crippen molar-refractivity contribution in [1.82, 2.24) is 4.90 Å². The first-order valence-corrected chi connectivity index (χ1v) is 11.5. The van der Waals surface area contributed by atoms with Crippen molar-refractivity contribution < 1.29 is 24.2 Å². The first-order valence-electron chi connectivity index (χ1n) is 9.78. The number of amides is 1. The third-order valence-corrected chi connectivity index (χ3v) is 6.62. The number of phenolic OH excluding ortho intramolecular Hbond substituents is 1. The molecule has 3 rings (SSSR count). The van der Waals surface area contributed by atoms with Crippen LogP contribution < -0.4 is 0 Å². The Morgan fingerprint density at radius 1 is 1.13 bits per heavy atom. The van der Waals surface area contributed by atoms with E-state index in [2.05, 4.69) is 0 Å². The summed E-state index contributed by atoms with van der Waals surface area (Å²) in [6.07, 6.45) is 0. The van der Waals surface area contributed by atoms with E-state index in [1.807, 2.05) is 0 Å². The van der Waals surface area contributed by atoms with Gasteiger partial charge in [0.15, 0.2) is 5.78 Å². The third-order valence-electron chi connectivity index (χ3n) is 4.71. The number of carbonyl (C=O) groups is 3. The molecule has 0 spiro atoms. The highest BCUT2D eigenvalue weighted by Crippen LogP contribution is 2.31. The second-order valence-electron chi connectivity index (χ2n) is 8.37. The number of nitrogens with zero attached hydrogens (tertiary/aromatic N) is 1. The van der Waals surface area contributed by atoms with Gasteiger partial charge in [0.25, 0.3) is 5.91 Å². The lowest BCUT2D eigenvalue weighted by Crippen LogP contribution is -2.41. The van der Waals surface area contributed by atoms with E-state index in [1.165, 1.54) is 40.6 Å². The van der Waals surface area contributed by atoms with Gasteiger partial charge >= 0.3 is 5.97 Å². The minimum Gasteiger partial charge on any atom is -0.508 e. The van der Waals surface area contributed by atoms with Crippen molar-refractivity contribution in [2.75, 3.05) is 0 Å². The van der Waals surface area contributed by atoms with Crippen LogP contribution >= 0.6 is 22.7 Å². The number of hydrogen-bond donors (Lipinski definition) is 1. The molecule has 0 aliphatic carbocycles. The Balaban J connectivity index is 1.89. The lowest BCUT2D eigenvalue weighted by atomic mass is 10.1. The topological polar surface area (TPSA) is 83.9 Å². The fraction of sp³-hybridized carbons (Fsp3) is 0.348. The van der Waals surface area contributed by atoms with Crippen LogP contribution in [0.15, 0.2) is 35.0 Å². The van der Waals surface area contributed by atoms with Gasteiger partial charge < -0.3 is 14.7 Å². The van der Waals surface area contributed by atoms with Crippen LogP contribution in [0.2, 0.25) is 0 Å². The lowest BCUT2D eigenvalue weighted by molar-refractivity contribution is -0.121. The quantitative estimate of drug-likeness (QED) is 0.510.